The van der Waals surface area contributed by atoms with Gasteiger partial charge in [0.25, 0.3) is 0 Å². The van der Waals surface area contributed by atoms with Crippen LogP contribution in [0.3, 0.4) is 0 Å². The average molecular weight is 703 g/mol. The molecule has 1 rings (SSSR count). The fourth-order valence-corrected chi connectivity index (χ4v) is 5.82. The molecular formula is C30H54O10S4. The van der Waals surface area contributed by atoms with Gasteiger partial charge in [0.2, 0.25) is 0 Å². The van der Waals surface area contributed by atoms with E-state index in [1.807, 2.05) is 13.8 Å². The van der Waals surface area contributed by atoms with Gasteiger partial charge in [0, 0.05) is 45.6 Å². The maximum atomic E-state index is 10.7. The van der Waals surface area contributed by atoms with Crippen LogP contribution in [-0.2, 0) is 49.4 Å². The molecule has 1 aromatic carbocycles. The van der Waals surface area contributed by atoms with Gasteiger partial charge < -0.3 is 48.1 Å². The fraction of sp³-hybridized carbons (Fsp3) is 0.800. The molecule has 0 bridgehead atoms. The van der Waals surface area contributed by atoms with Crippen molar-refractivity contribution in [1.29, 1.82) is 0 Å². The predicted molar refractivity (Wildman–Crippen MR) is 186 cm³/mol. The molecular weight excluding hydrogens is 649 g/mol. The average Bonchev–Trinajstić information content (AvgIpc) is 3.02. The first-order valence-electron chi connectivity index (χ1n) is 15.1. The van der Waals surface area contributed by atoms with E-state index in [2.05, 4.69) is 25.3 Å². The standard InChI is InChI=1S/C30H54O10S4/c1-25-26(2)28(24-44-22-18-40-14-10-36-6-4-34-8-12-38-16-20-42)30(32)29(31)27(25)23-43-21-17-39-13-9-35-5-3-33-7-11-37-15-19-41/h31-32,41-42H,3-24H2,1-2H3. The Labute approximate surface area is 283 Å². The zero-order valence-corrected chi connectivity index (χ0v) is 29.8. The number of hydrogen-bond donors (Lipinski definition) is 4. The highest BCUT2D eigenvalue weighted by molar-refractivity contribution is 7.98. The van der Waals surface area contributed by atoms with Crippen molar-refractivity contribution in [2.45, 2.75) is 25.4 Å². The van der Waals surface area contributed by atoms with Crippen molar-refractivity contribution in [3.8, 4) is 11.5 Å². The lowest BCUT2D eigenvalue weighted by atomic mass is 9.97. The third-order valence-electron chi connectivity index (χ3n) is 6.20. The Bertz CT molecular complexity index is 729. The summed E-state index contributed by atoms with van der Waals surface area (Å²) < 4.78 is 43.6. The van der Waals surface area contributed by atoms with Gasteiger partial charge in [-0.3, -0.25) is 0 Å². The van der Waals surface area contributed by atoms with Crippen molar-refractivity contribution in [2.75, 3.05) is 129 Å². The van der Waals surface area contributed by atoms with Gasteiger partial charge in [-0.1, -0.05) is 0 Å². The third kappa shape index (κ3) is 20.9. The molecule has 0 amide bonds. The first-order valence-corrected chi connectivity index (χ1v) is 18.6. The van der Waals surface area contributed by atoms with E-state index in [-0.39, 0.29) is 11.5 Å². The number of thioether (sulfide) groups is 2. The van der Waals surface area contributed by atoms with Crippen molar-refractivity contribution in [3.05, 3.63) is 22.3 Å². The molecule has 0 aromatic heterocycles. The summed E-state index contributed by atoms with van der Waals surface area (Å²) in [5.41, 5.74) is 3.56. The lowest BCUT2D eigenvalue weighted by Crippen LogP contribution is -2.12. The first kappa shape index (κ1) is 41.9. The van der Waals surface area contributed by atoms with Crippen LogP contribution in [0.15, 0.2) is 0 Å². The zero-order valence-electron chi connectivity index (χ0n) is 26.4. The highest BCUT2D eigenvalue weighted by atomic mass is 32.2. The van der Waals surface area contributed by atoms with Gasteiger partial charge in [0.05, 0.1) is 106 Å². The number of phenols is 2. The van der Waals surface area contributed by atoms with E-state index in [0.29, 0.717) is 129 Å². The summed E-state index contributed by atoms with van der Waals surface area (Å²) in [4.78, 5) is 0. The Morgan fingerprint density at radius 1 is 0.432 bits per heavy atom. The Balaban J connectivity index is 2.11. The molecule has 0 unspecified atom stereocenters. The summed E-state index contributed by atoms with van der Waals surface area (Å²) >= 11 is 11.5. The molecule has 0 radical (unpaired) electrons. The van der Waals surface area contributed by atoms with Gasteiger partial charge in [0.15, 0.2) is 11.5 Å². The van der Waals surface area contributed by atoms with E-state index in [0.717, 1.165) is 33.8 Å². The van der Waals surface area contributed by atoms with Gasteiger partial charge >= 0.3 is 0 Å². The van der Waals surface area contributed by atoms with Gasteiger partial charge in [-0.05, 0) is 25.0 Å². The van der Waals surface area contributed by atoms with Crippen LogP contribution < -0.4 is 0 Å². The van der Waals surface area contributed by atoms with Crippen LogP contribution in [-0.4, -0.2) is 139 Å². The molecule has 10 nitrogen and oxygen atoms in total. The lowest BCUT2D eigenvalue weighted by Gasteiger charge is -2.18. The van der Waals surface area contributed by atoms with Gasteiger partial charge in [0.1, 0.15) is 0 Å². The van der Waals surface area contributed by atoms with Crippen molar-refractivity contribution in [2.24, 2.45) is 0 Å². The second kappa shape index (κ2) is 30.2. The van der Waals surface area contributed by atoms with Crippen LogP contribution in [0, 0.1) is 13.8 Å². The number of thiol groups is 2. The smallest absolute Gasteiger partial charge is 0.162 e. The third-order valence-corrected chi connectivity index (χ3v) is 8.47. The normalized spacial score (nSPS) is 11.5. The molecule has 0 spiro atoms. The molecule has 0 fully saturated rings. The number of rotatable bonds is 32. The summed E-state index contributed by atoms with van der Waals surface area (Å²) in [5.74, 6) is 4.12. The van der Waals surface area contributed by atoms with Crippen molar-refractivity contribution in [1.82, 2.24) is 0 Å². The monoisotopic (exact) mass is 702 g/mol. The zero-order chi connectivity index (χ0) is 32.1. The number of phenolic OH excluding ortho intramolecular Hbond substituents is 2. The minimum Gasteiger partial charge on any atom is -0.504 e. The molecule has 0 atom stereocenters. The second-order valence-corrected chi connectivity index (χ2v) is 12.5. The highest BCUT2D eigenvalue weighted by Crippen LogP contribution is 2.41. The van der Waals surface area contributed by atoms with Crippen molar-refractivity contribution in [3.63, 3.8) is 0 Å². The molecule has 0 saturated carbocycles. The molecule has 0 aliphatic heterocycles. The van der Waals surface area contributed by atoms with Gasteiger partial charge in [-0.25, -0.2) is 0 Å². The van der Waals surface area contributed by atoms with E-state index >= 15 is 0 Å². The molecule has 2 N–H and O–H groups in total. The SMILES string of the molecule is Cc1c(C)c(CSCCOCCOCCOCCOCCS)c(O)c(O)c1CSCCOCCOCCOCCOCCS. The summed E-state index contributed by atoms with van der Waals surface area (Å²) in [7, 11) is 0. The summed E-state index contributed by atoms with van der Waals surface area (Å²) in [6.07, 6.45) is 0. The van der Waals surface area contributed by atoms with Crippen LogP contribution in [0.2, 0.25) is 0 Å². The number of aromatic hydroxyl groups is 2. The van der Waals surface area contributed by atoms with Crippen molar-refractivity contribution >= 4 is 48.8 Å². The Morgan fingerprint density at radius 3 is 0.955 bits per heavy atom. The van der Waals surface area contributed by atoms with Crippen molar-refractivity contribution < 1.29 is 48.1 Å². The Morgan fingerprint density at radius 2 is 0.682 bits per heavy atom. The summed E-state index contributed by atoms with van der Waals surface area (Å²) in [5, 5.41) is 21.5. The molecule has 0 saturated heterocycles. The molecule has 1 aromatic rings. The summed E-state index contributed by atoms with van der Waals surface area (Å²) in [6, 6.07) is 0. The second-order valence-electron chi connectivity index (χ2n) is 9.36. The van der Waals surface area contributed by atoms with Gasteiger partial charge in [-0.2, -0.15) is 48.8 Å². The Hall–Kier alpha value is -0.100. The van der Waals surface area contributed by atoms with Crippen LogP contribution in [0.4, 0.5) is 0 Å². The van der Waals surface area contributed by atoms with Gasteiger partial charge in [-0.15, -0.1) is 0 Å². The van der Waals surface area contributed by atoms with Crippen LogP contribution in [0.5, 0.6) is 11.5 Å². The van der Waals surface area contributed by atoms with Crippen LogP contribution in [0.1, 0.15) is 22.3 Å². The predicted octanol–water partition coefficient (Wildman–Crippen LogP) is 4.17. The molecule has 0 aliphatic carbocycles. The largest absolute Gasteiger partial charge is 0.504 e. The van der Waals surface area contributed by atoms with Crippen LogP contribution >= 0.6 is 48.8 Å². The highest BCUT2D eigenvalue weighted by Gasteiger charge is 2.19. The van der Waals surface area contributed by atoms with E-state index < -0.39 is 0 Å². The molecule has 0 aliphatic rings. The maximum absolute atomic E-state index is 10.7. The fourth-order valence-electron chi connectivity index (χ4n) is 3.68. The molecule has 44 heavy (non-hydrogen) atoms. The van der Waals surface area contributed by atoms with E-state index in [4.69, 9.17) is 37.9 Å². The van der Waals surface area contributed by atoms with E-state index in [1.54, 1.807) is 23.5 Å². The van der Waals surface area contributed by atoms with Crippen LogP contribution in [0.25, 0.3) is 0 Å². The molecule has 258 valence electrons. The minimum absolute atomic E-state index is 0.0245. The number of benzene rings is 1. The van der Waals surface area contributed by atoms with E-state index in [1.165, 1.54) is 0 Å². The number of hydrogen-bond acceptors (Lipinski definition) is 14. The minimum atomic E-state index is -0.0245. The summed E-state index contributed by atoms with van der Waals surface area (Å²) in [6.45, 7) is 12.9. The maximum Gasteiger partial charge on any atom is 0.162 e. The quantitative estimate of drug-likeness (QED) is 0.0491. The lowest BCUT2D eigenvalue weighted by molar-refractivity contribution is 0.00148. The molecule has 0 heterocycles. The number of ether oxygens (including phenoxy) is 8. The van der Waals surface area contributed by atoms with E-state index in [9.17, 15) is 10.2 Å². The Kier molecular flexibility index (Phi) is 28.8. The first-order chi connectivity index (χ1) is 21.5. The molecule has 14 heteroatoms. The topological polar surface area (TPSA) is 114 Å².